The van der Waals surface area contributed by atoms with Crippen molar-refractivity contribution in [1.82, 2.24) is 4.90 Å². The number of carbonyl (C=O) groups excluding carboxylic acids is 2. The Balaban J connectivity index is 1.82. The number of carbonyl (C=O) groups is 2. The zero-order valence-corrected chi connectivity index (χ0v) is 17.2. The number of benzene rings is 3. The maximum atomic E-state index is 13.5. The molecule has 0 aromatic heterocycles. The number of amides is 2. The molecular formula is C25H21FN2O3. The van der Waals surface area contributed by atoms with Crippen LogP contribution in [0.2, 0.25) is 0 Å². The third kappa shape index (κ3) is 3.80. The average molecular weight is 416 g/mol. The molecule has 0 aliphatic carbocycles. The molecule has 1 aliphatic heterocycles. The molecule has 0 N–H and O–H groups in total. The average Bonchev–Trinajstić information content (AvgIpc) is 3.05. The molecule has 0 atom stereocenters. The first-order valence-electron chi connectivity index (χ1n) is 9.78. The van der Waals surface area contributed by atoms with Crippen LogP contribution in [0.3, 0.4) is 0 Å². The fourth-order valence-corrected chi connectivity index (χ4v) is 3.72. The van der Waals surface area contributed by atoms with Gasteiger partial charge in [0.05, 0.1) is 18.4 Å². The van der Waals surface area contributed by atoms with Crippen LogP contribution in [0.5, 0.6) is 5.75 Å². The third-order valence-corrected chi connectivity index (χ3v) is 5.16. The first-order chi connectivity index (χ1) is 15.0. The summed E-state index contributed by atoms with van der Waals surface area (Å²) in [6.45, 7) is 0.430. The number of nitrogens with zero attached hydrogens (tertiary/aromatic N) is 2. The maximum absolute atomic E-state index is 13.5. The summed E-state index contributed by atoms with van der Waals surface area (Å²) in [5.74, 6) is -0.931. The lowest BCUT2D eigenvalue weighted by Crippen LogP contribution is -2.34. The van der Waals surface area contributed by atoms with Crippen molar-refractivity contribution in [2.45, 2.75) is 6.54 Å². The summed E-state index contributed by atoms with van der Waals surface area (Å²) in [5.41, 5.74) is 2.32. The van der Waals surface area contributed by atoms with Gasteiger partial charge in [0.25, 0.3) is 11.8 Å². The zero-order chi connectivity index (χ0) is 22.0. The van der Waals surface area contributed by atoms with Gasteiger partial charge in [-0.3, -0.25) is 9.59 Å². The molecule has 5 nitrogen and oxygen atoms in total. The van der Waals surface area contributed by atoms with Crippen LogP contribution in [-0.2, 0) is 16.1 Å². The molecule has 0 radical (unpaired) electrons. The van der Waals surface area contributed by atoms with Crippen LogP contribution in [0.4, 0.5) is 10.1 Å². The van der Waals surface area contributed by atoms with Gasteiger partial charge in [-0.15, -0.1) is 0 Å². The molecule has 31 heavy (non-hydrogen) atoms. The quantitative estimate of drug-likeness (QED) is 0.564. The molecule has 3 aromatic rings. The van der Waals surface area contributed by atoms with Gasteiger partial charge in [0.1, 0.15) is 17.3 Å². The topological polar surface area (TPSA) is 49.9 Å². The first kappa shape index (κ1) is 20.3. The van der Waals surface area contributed by atoms with Crippen LogP contribution in [-0.4, -0.2) is 30.9 Å². The Morgan fingerprint density at radius 2 is 1.52 bits per heavy atom. The Morgan fingerprint density at radius 3 is 2.19 bits per heavy atom. The number of anilines is 1. The van der Waals surface area contributed by atoms with Crippen molar-refractivity contribution in [2.24, 2.45) is 0 Å². The predicted molar refractivity (Wildman–Crippen MR) is 117 cm³/mol. The highest BCUT2D eigenvalue weighted by Gasteiger charge is 2.42. The maximum Gasteiger partial charge on any atom is 0.282 e. The van der Waals surface area contributed by atoms with Crippen molar-refractivity contribution in [1.29, 1.82) is 0 Å². The van der Waals surface area contributed by atoms with E-state index in [0.29, 0.717) is 23.5 Å². The molecule has 2 amide bonds. The van der Waals surface area contributed by atoms with E-state index in [-0.39, 0.29) is 11.3 Å². The van der Waals surface area contributed by atoms with E-state index >= 15 is 0 Å². The zero-order valence-electron chi connectivity index (χ0n) is 17.2. The summed E-state index contributed by atoms with van der Waals surface area (Å²) in [5, 5.41) is 0. The standard InChI is InChI=1S/C25H21FN2O3/c1-27(16-17-8-4-3-5-9-17)23-22(18-12-14-19(26)15-13-18)24(29)28(25(23)30)20-10-6-7-11-21(20)31-2/h3-15H,16H2,1-2H3. The fraction of sp³-hybridized carbons (Fsp3) is 0.120. The first-order valence-corrected chi connectivity index (χ1v) is 9.78. The van der Waals surface area contributed by atoms with Crippen molar-refractivity contribution < 1.29 is 18.7 Å². The predicted octanol–water partition coefficient (Wildman–Crippen LogP) is 4.25. The number of hydrogen-bond acceptors (Lipinski definition) is 4. The van der Waals surface area contributed by atoms with Gasteiger partial charge in [0.2, 0.25) is 0 Å². The molecule has 1 heterocycles. The van der Waals surface area contributed by atoms with Gasteiger partial charge in [0, 0.05) is 13.6 Å². The summed E-state index contributed by atoms with van der Waals surface area (Å²) in [7, 11) is 3.25. The Morgan fingerprint density at radius 1 is 0.871 bits per heavy atom. The lowest BCUT2D eigenvalue weighted by molar-refractivity contribution is -0.120. The normalized spacial score (nSPS) is 13.7. The summed E-state index contributed by atoms with van der Waals surface area (Å²) in [6, 6.07) is 22.1. The van der Waals surface area contributed by atoms with Gasteiger partial charge in [-0.25, -0.2) is 9.29 Å². The van der Waals surface area contributed by atoms with Crippen molar-refractivity contribution in [3.05, 3.63) is 102 Å². The number of likely N-dealkylation sites (N-methyl/N-ethyl adjacent to an activating group) is 1. The summed E-state index contributed by atoms with van der Waals surface area (Å²) >= 11 is 0. The molecule has 0 saturated heterocycles. The van der Waals surface area contributed by atoms with Crippen LogP contribution in [0.25, 0.3) is 5.57 Å². The molecule has 0 fully saturated rings. The Bertz CT molecular complexity index is 1160. The minimum Gasteiger partial charge on any atom is -0.495 e. The van der Waals surface area contributed by atoms with E-state index in [0.717, 1.165) is 10.5 Å². The number of methoxy groups -OCH3 is 1. The van der Waals surface area contributed by atoms with Crippen molar-refractivity contribution >= 4 is 23.1 Å². The van der Waals surface area contributed by atoms with Crippen molar-refractivity contribution in [3.8, 4) is 5.75 Å². The summed E-state index contributed by atoms with van der Waals surface area (Å²) < 4.78 is 18.9. The highest BCUT2D eigenvalue weighted by atomic mass is 19.1. The van der Waals surface area contributed by atoms with E-state index in [4.69, 9.17) is 4.74 Å². The van der Waals surface area contributed by atoms with Crippen LogP contribution in [0.1, 0.15) is 11.1 Å². The van der Waals surface area contributed by atoms with E-state index in [1.807, 2.05) is 30.3 Å². The number of halogens is 1. The molecule has 6 heteroatoms. The molecular weight excluding hydrogens is 395 g/mol. The van der Waals surface area contributed by atoms with Crippen molar-refractivity contribution in [2.75, 3.05) is 19.1 Å². The summed E-state index contributed by atoms with van der Waals surface area (Å²) in [6.07, 6.45) is 0. The Hall–Kier alpha value is -3.93. The molecule has 156 valence electrons. The lowest BCUT2D eigenvalue weighted by Gasteiger charge is -2.22. The number of hydrogen-bond donors (Lipinski definition) is 0. The van der Waals surface area contributed by atoms with Gasteiger partial charge in [-0.2, -0.15) is 0 Å². The van der Waals surface area contributed by atoms with Crippen LogP contribution in [0, 0.1) is 5.82 Å². The number of ether oxygens (including phenoxy) is 1. The second-order valence-corrected chi connectivity index (χ2v) is 7.19. The minimum absolute atomic E-state index is 0.231. The van der Waals surface area contributed by atoms with E-state index in [1.165, 1.54) is 31.4 Å². The Kier molecular flexibility index (Phi) is 5.54. The Labute approximate surface area is 180 Å². The van der Waals surface area contributed by atoms with Gasteiger partial charge < -0.3 is 9.64 Å². The molecule has 0 unspecified atom stereocenters. The SMILES string of the molecule is COc1ccccc1N1C(=O)C(c2ccc(F)cc2)=C(N(C)Cc2ccccc2)C1=O. The van der Waals surface area contributed by atoms with E-state index in [1.54, 1.807) is 36.2 Å². The fourth-order valence-electron chi connectivity index (χ4n) is 3.72. The van der Waals surface area contributed by atoms with E-state index < -0.39 is 17.6 Å². The molecule has 0 spiro atoms. The smallest absolute Gasteiger partial charge is 0.282 e. The van der Waals surface area contributed by atoms with Crippen LogP contribution < -0.4 is 9.64 Å². The number of para-hydroxylation sites is 2. The minimum atomic E-state index is -0.476. The number of imide groups is 1. The molecule has 3 aromatic carbocycles. The highest BCUT2D eigenvalue weighted by Crippen LogP contribution is 2.38. The number of rotatable bonds is 6. The van der Waals surface area contributed by atoms with Gasteiger partial charge in [0.15, 0.2) is 0 Å². The molecule has 0 bridgehead atoms. The monoisotopic (exact) mass is 416 g/mol. The van der Waals surface area contributed by atoms with Crippen LogP contribution >= 0.6 is 0 Å². The van der Waals surface area contributed by atoms with E-state index in [9.17, 15) is 14.0 Å². The van der Waals surface area contributed by atoms with Crippen molar-refractivity contribution in [3.63, 3.8) is 0 Å². The second-order valence-electron chi connectivity index (χ2n) is 7.19. The molecule has 1 aliphatic rings. The van der Waals surface area contributed by atoms with Gasteiger partial charge in [-0.1, -0.05) is 54.6 Å². The van der Waals surface area contributed by atoms with Crippen LogP contribution in [0.15, 0.2) is 84.6 Å². The summed E-state index contributed by atoms with van der Waals surface area (Å²) in [4.78, 5) is 29.9. The van der Waals surface area contributed by atoms with Gasteiger partial charge >= 0.3 is 0 Å². The lowest BCUT2D eigenvalue weighted by atomic mass is 10.0. The second kappa shape index (κ2) is 8.44. The van der Waals surface area contributed by atoms with Gasteiger partial charge in [-0.05, 0) is 35.4 Å². The largest absolute Gasteiger partial charge is 0.495 e. The van der Waals surface area contributed by atoms with E-state index in [2.05, 4.69) is 0 Å². The molecule has 4 rings (SSSR count). The molecule has 0 saturated carbocycles. The third-order valence-electron chi connectivity index (χ3n) is 5.16. The highest BCUT2D eigenvalue weighted by molar-refractivity contribution is 6.45.